The molecule has 1 aromatic rings. The zero-order valence-electron chi connectivity index (χ0n) is 3.10. The van der Waals surface area contributed by atoms with E-state index in [0.29, 0.717) is 0 Å². The maximum atomic E-state index is 8.39. The lowest BCUT2D eigenvalue weighted by Crippen LogP contribution is -1.96. The summed E-state index contributed by atoms with van der Waals surface area (Å²) in [5.41, 5.74) is 0. The summed E-state index contributed by atoms with van der Waals surface area (Å²) in [7, 11) is 0. The molecule has 0 radical (unpaired) electrons. The smallest absolute Gasteiger partial charge is 0.246 e. The first kappa shape index (κ1) is 3.21. The molecular formula is C3H5N2O+. The summed E-state index contributed by atoms with van der Waals surface area (Å²) in [5, 5.41) is 13.4. The third kappa shape index (κ3) is 0.337. The Kier molecular flexibility index (Phi) is 0.538. The fourth-order valence-electron chi connectivity index (χ4n) is 0.278. The van der Waals surface area contributed by atoms with Crippen molar-refractivity contribution in [3.05, 3.63) is 12.3 Å². The van der Waals surface area contributed by atoms with E-state index >= 15 is 0 Å². The summed E-state index contributed by atoms with van der Waals surface area (Å²) in [6, 6.07) is 1.53. The van der Waals surface area contributed by atoms with E-state index < -0.39 is 0 Å². The van der Waals surface area contributed by atoms with Gasteiger partial charge in [-0.25, -0.2) is 0 Å². The third-order valence-electron chi connectivity index (χ3n) is 0.525. The van der Waals surface area contributed by atoms with Crippen LogP contribution in [0.5, 0.6) is 5.88 Å². The summed E-state index contributed by atoms with van der Waals surface area (Å²) in [5.74, 6) is 0.162. The molecule has 1 rings (SSSR count). The number of hydrogen-bond donors (Lipinski definition) is 2. The first-order chi connectivity index (χ1) is 2.89. The summed E-state index contributed by atoms with van der Waals surface area (Å²) in [6.45, 7) is 0. The summed E-state index contributed by atoms with van der Waals surface area (Å²) in [4.78, 5) is 0. The maximum Gasteiger partial charge on any atom is 0.246 e. The van der Waals surface area contributed by atoms with Gasteiger partial charge in [0.15, 0.2) is 6.20 Å². The van der Waals surface area contributed by atoms with Gasteiger partial charge < -0.3 is 5.11 Å². The lowest BCUT2D eigenvalue weighted by molar-refractivity contribution is -0.450. The molecule has 1 heterocycles. The zero-order valence-corrected chi connectivity index (χ0v) is 3.10. The van der Waals surface area contributed by atoms with Crippen molar-refractivity contribution in [1.82, 2.24) is 5.10 Å². The van der Waals surface area contributed by atoms with Gasteiger partial charge in [-0.1, -0.05) is 0 Å². The van der Waals surface area contributed by atoms with E-state index in [1.54, 1.807) is 6.20 Å². The van der Waals surface area contributed by atoms with Gasteiger partial charge in [-0.2, -0.15) is 0 Å². The molecule has 0 aromatic carbocycles. The van der Waals surface area contributed by atoms with E-state index in [0.717, 1.165) is 0 Å². The van der Waals surface area contributed by atoms with E-state index in [1.165, 1.54) is 6.07 Å². The highest BCUT2D eigenvalue weighted by Gasteiger charge is 1.83. The molecule has 0 aliphatic heterocycles. The molecule has 0 amide bonds. The van der Waals surface area contributed by atoms with E-state index in [9.17, 15) is 0 Å². The minimum Gasteiger partial charge on any atom is -0.491 e. The lowest BCUT2D eigenvalue weighted by Gasteiger charge is -1.64. The first-order valence-corrected chi connectivity index (χ1v) is 1.63. The van der Waals surface area contributed by atoms with Crippen LogP contribution in [0.3, 0.4) is 0 Å². The van der Waals surface area contributed by atoms with Gasteiger partial charge >= 0.3 is 0 Å². The van der Waals surface area contributed by atoms with E-state index in [1.807, 2.05) is 0 Å². The number of nitrogens with one attached hydrogen (secondary N) is 2. The molecule has 0 unspecified atom stereocenters. The van der Waals surface area contributed by atoms with E-state index in [2.05, 4.69) is 10.2 Å². The average Bonchev–Trinajstić information content (AvgIpc) is 1.86. The van der Waals surface area contributed by atoms with Crippen molar-refractivity contribution in [2.24, 2.45) is 0 Å². The van der Waals surface area contributed by atoms with Gasteiger partial charge in [0.2, 0.25) is 5.88 Å². The van der Waals surface area contributed by atoms with Crippen LogP contribution in [0.25, 0.3) is 0 Å². The van der Waals surface area contributed by atoms with Gasteiger partial charge in [0.05, 0.1) is 6.07 Å². The van der Waals surface area contributed by atoms with Crippen LogP contribution in [-0.4, -0.2) is 10.2 Å². The third-order valence-corrected chi connectivity index (χ3v) is 0.525. The van der Waals surface area contributed by atoms with Crippen molar-refractivity contribution in [2.75, 3.05) is 0 Å². The highest BCUT2D eigenvalue weighted by Crippen LogP contribution is 1.91. The Balaban J connectivity index is 3.05. The number of aromatic nitrogens is 2. The molecule has 3 nitrogen and oxygen atoms in total. The van der Waals surface area contributed by atoms with Gasteiger partial charge in [0.1, 0.15) is 0 Å². The molecule has 0 atom stereocenters. The van der Waals surface area contributed by atoms with Gasteiger partial charge in [0.25, 0.3) is 0 Å². The zero-order chi connectivity index (χ0) is 4.41. The Labute approximate surface area is 34.6 Å². The van der Waals surface area contributed by atoms with Gasteiger partial charge in [-0.3, -0.25) is 0 Å². The van der Waals surface area contributed by atoms with Crippen molar-refractivity contribution < 1.29 is 10.2 Å². The normalized spacial score (nSPS) is 8.67. The number of H-pyrrole nitrogens is 2. The molecule has 3 heteroatoms. The van der Waals surface area contributed by atoms with Gasteiger partial charge in [-0.05, 0) is 0 Å². The molecule has 0 fully saturated rings. The van der Waals surface area contributed by atoms with Crippen LogP contribution in [0.4, 0.5) is 0 Å². The molecular weight excluding hydrogens is 80.0 g/mol. The minimum absolute atomic E-state index is 0.162. The highest BCUT2D eigenvalue weighted by molar-refractivity contribution is 4.96. The van der Waals surface area contributed by atoms with Crippen LogP contribution < -0.4 is 5.10 Å². The molecule has 0 bridgehead atoms. The second-order valence-electron chi connectivity index (χ2n) is 0.988. The number of hydrogen-bond acceptors (Lipinski definition) is 1. The van der Waals surface area contributed by atoms with Crippen LogP contribution in [0.2, 0.25) is 0 Å². The number of aromatic hydroxyl groups is 1. The molecule has 1 aromatic heterocycles. The quantitative estimate of drug-likeness (QED) is 0.439. The van der Waals surface area contributed by atoms with Crippen molar-refractivity contribution in [2.45, 2.75) is 0 Å². The second kappa shape index (κ2) is 1.01. The molecule has 3 N–H and O–H groups in total. The largest absolute Gasteiger partial charge is 0.491 e. The lowest BCUT2D eigenvalue weighted by atomic mass is 10.7. The maximum absolute atomic E-state index is 8.39. The van der Waals surface area contributed by atoms with Crippen LogP contribution in [0, 0.1) is 0 Å². The second-order valence-corrected chi connectivity index (χ2v) is 0.988. The first-order valence-electron chi connectivity index (χ1n) is 1.63. The van der Waals surface area contributed by atoms with Crippen molar-refractivity contribution in [3.8, 4) is 5.88 Å². The molecule has 0 aliphatic carbocycles. The highest BCUT2D eigenvalue weighted by atomic mass is 16.3. The Bertz CT molecular complexity index is 112. The van der Waals surface area contributed by atoms with Gasteiger partial charge in [0, 0.05) is 0 Å². The molecule has 0 spiro atoms. The van der Waals surface area contributed by atoms with Crippen LogP contribution in [0.1, 0.15) is 0 Å². The monoisotopic (exact) mass is 85.0 g/mol. The van der Waals surface area contributed by atoms with Crippen LogP contribution >= 0.6 is 0 Å². The SMILES string of the molecule is Oc1cc[nH+][nH]1. The minimum atomic E-state index is 0.162. The predicted molar refractivity (Wildman–Crippen MR) is 19.0 cm³/mol. The Morgan fingerprint density at radius 1 is 1.83 bits per heavy atom. The molecule has 0 saturated heterocycles. The molecule has 6 heavy (non-hydrogen) atoms. The van der Waals surface area contributed by atoms with Crippen molar-refractivity contribution in [1.29, 1.82) is 0 Å². The Morgan fingerprint density at radius 3 is 2.83 bits per heavy atom. The van der Waals surface area contributed by atoms with Crippen LogP contribution in [0.15, 0.2) is 12.3 Å². The average molecular weight is 85.1 g/mol. The van der Waals surface area contributed by atoms with Gasteiger partial charge in [-0.15, -0.1) is 10.2 Å². The Morgan fingerprint density at radius 2 is 2.67 bits per heavy atom. The summed E-state index contributed by atoms with van der Waals surface area (Å²) >= 11 is 0. The van der Waals surface area contributed by atoms with E-state index in [4.69, 9.17) is 5.11 Å². The standard InChI is InChI=1S/C3H4N2O/c6-3-1-2-4-5-3/h1-2H,(H2,4,5,6)/p+1. The topological polar surface area (TPSA) is 50.2 Å². The Hall–Kier alpha value is -0.990. The fraction of sp³-hybridized carbons (Fsp3) is 0. The summed E-state index contributed by atoms with van der Waals surface area (Å²) < 4.78 is 0. The van der Waals surface area contributed by atoms with Crippen LogP contribution in [-0.2, 0) is 0 Å². The van der Waals surface area contributed by atoms with Crippen molar-refractivity contribution in [3.63, 3.8) is 0 Å². The predicted octanol–water partition coefficient (Wildman–Crippen LogP) is -0.466. The number of aromatic amines is 2. The molecule has 0 saturated carbocycles. The molecule has 0 aliphatic rings. The fourth-order valence-corrected chi connectivity index (χ4v) is 0.278. The van der Waals surface area contributed by atoms with Crippen molar-refractivity contribution >= 4 is 0 Å². The molecule has 32 valence electrons. The summed E-state index contributed by atoms with van der Waals surface area (Å²) in [6.07, 6.45) is 1.61. The number of rotatable bonds is 0. The van der Waals surface area contributed by atoms with E-state index in [-0.39, 0.29) is 5.88 Å².